The van der Waals surface area contributed by atoms with E-state index in [4.69, 9.17) is 0 Å². The molecule has 0 spiro atoms. The molecule has 1 saturated carbocycles. The average Bonchev–Trinajstić information content (AvgIpc) is 2.80. The van der Waals surface area contributed by atoms with Crippen molar-refractivity contribution in [2.24, 2.45) is 5.92 Å². The van der Waals surface area contributed by atoms with E-state index < -0.39 is 16.1 Å². The highest BCUT2D eigenvalue weighted by atomic mass is 32.2. The third kappa shape index (κ3) is 5.60. The van der Waals surface area contributed by atoms with E-state index in [-0.39, 0.29) is 16.5 Å². The summed E-state index contributed by atoms with van der Waals surface area (Å²) in [5.41, 5.74) is 1.42. The largest absolute Gasteiger partial charge is 0.335 e. The van der Waals surface area contributed by atoms with Gasteiger partial charge in [0.05, 0.1) is 22.1 Å². The summed E-state index contributed by atoms with van der Waals surface area (Å²) in [5, 5.41) is 3.33. The second kappa shape index (κ2) is 9.74. The molecule has 2 N–H and O–H groups in total. The first kappa shape index (κ1) is 23.0. The van der Waals surface area contributed by atoms with E-state index >= 15 is 0 Å². The number of amides is 2. The summed E-state index contributed by atoms with van der Waals surface area (Å²) in [4.78, 5) is 29.1. The fraction of sp³-hybridized carbons (Fsp3) is 0.375. The maximum atomic E-state index is 12.6. The Labute approximate surface area is 193 Å². The van der Waals surface area contributed by atoms with Gasteiger partial charge in [0.25, 0.3) is 15.6 Å². The SMILES string of the molecule is CC1CCC(NC(=O)NS(=O)(=O)c2ccc(CCn3cnc4ccccc4c3=O)cc2)CC1. The van der Waals surface area contributed by atoms with Crippen LogP contribution in [0.5, 0.6) is 0 Å². The first-order valence-corrected chi connectivity index (χ1v) is 12.7. The summed E-state index contributed by atoms with van der Waals surface area (Å²) >= 11 is 0. The molecule has 4 rings (SSSR count). The number of carbonyl (C=O) groups excluding carboxylic acids is 1. The molecule has 0 radical (unpaired) electrons. The van der Waals surface area contributed by atoms with Gasteiger partial charge < -0.3 is 5.32 Å². The van der Waals surface area contributed by atoms with Crippen LogP contribution in [0.3, 0.4) is 0 Å². The number of aryl methyl sites for hydroxylation is 2. The number of hydrogen-bond acceptors (Lipinski definition) is 5. The Hall–Kier alpha value is -3.20. The van der Waals surface area contributed by atoms with Crippen molar-refractivity contribution in [3.63, 3.8) is 0 Å². The molecule has 9 heteroatoms. The number of aromatic nitrogens is 2. The van der Waals surface area contributed by atoms with Crippen LogP contribution in [0.4, 0.5) is 4.79 Å². The van der Waals surface area contributed by atoms with Crippen LogP contribution in [0.25, 0.3) is 10.9 Å². The Balaban J connectivity index is 1.36. The van der Waals surface area contributed by atoms with Crippen molar-refractivity contribution in [2.75, 3.05) is 0 Å². The van der Waals surface area contributed by atoms with Crippen LogP contribution < -0.4 is 15.6 Å². The van der Waals surface area contributed by atoms with Crippen LogP contribution in [-0.2, 0) is 23.0 Å². The van der Waals surface area contributed by atoms with Crippen molar-refractivity contribution >= 4 is 27.0 Å². The molecule has 33 heavy (non-hydrogen) atoms. The molecule has 174 valence electrons. The van der Waals surface area contributed by atoms with E-state index in [1.807, 2.05) is 6.07 Å². The van der Waals surface area contributed by atoms with Crippen molar-refractivity contribution in [2.45, 2.75) is 56.5 Å². The third-order valence-electron chi connectivity index (χ3n) is 6.18. The molecule has 0 saturated heterocycles. The van der Waals surface area contributed by atoms with Crippen molar-refractivity contribution in [1.82, 2.24) is 19.6 Å². The van der Waals surface area contributed by atoms with Crippen LogP contribution in [-0.4, -0.2) is 30.0 Å². The van der Waals surface area contributed by atoms with Crippen molar-refractivity contribution in [3.8, 4) is 0 Å². The van der Waals surface area contributed by atoms with Crippen molar-refractivity contribution < 1.29 is 13.2 Å². The number of nitrogens with one attached hydrogen (secondary N) is 2. The second-order valence-electron chi connectivity index (χ2n) is 8.69. The highest BCUT2D eigenvalue weighted by molar-refractivity contribution is 7.90. The Bertz CT molecular complexity index is 1290. The summed E-state index contributed by atoms with van der Waals surface area (Å²) in [6, 6.07) is 12.8. The molecule has 1 fully saturated rings. The first-order valence-electron chi connectivity index (χ1n) is 11.2. The molecular weight excluding hydrogens is 440 g/mol. The number of urea groups is 1. The van der Waals surface area contributed by atoms with E-state index in [1.54, 1.807) is 34.9 Å². The molecule has 0 bridgehead atoms. The number of nitrogens with zero attached hydrogens (tertiary/aromatic N) is 2. The monoisotopic (exact) mass is 468 g/mol. The molecule has 1 aliphatic carbocycles. The Morgan fingerprint density at radius 2 is 1.76 bits per heavy atom. The lowest BCUT2D eigenvalue weighted by atomic mass is 9.87. The summed E-state index contributed by atoms with van der Waals surface area (Å²) in [6.45, 7) is 2.60. The molecule has 2 aromatic carbocycles. The zero-order valence-corrected chi connectivity index (χ0v) is 19.3. The average molecular weight is 469 g/mol. The predicted molar refractivity (Wildman–Crippen MR) is 126 cm³/mol. The van der Waals surface area contributed by atoms with E-state index in [0.717, 1.165) is 31.2 Å². The van der Waals surface area contributed by atoms with Crippen LogP contribution in [0, 0.1) is 5.92 Å². The van der Waals surface area contributed by atoms with E-state index in [0.29, 0.717) is 29.8 Å². The van der Waals surface area contributed by atoms with Gasteiger partial charge in [-0.15, -0.1) is 0 Å². The van der Waals surface area contributed by atoms with Gasteiger partial charge in [0.2, 0.25) is 0 Å². The number of benzene rings is 2. The highest BCUT2D eigenvalue weighted by Gasteiger charge is 2.23. The zero-order valence-electron chi connectivity index (χ0n) is 18.5. The standard InChI is InChI=1S/C24H28N4O4S/c1-17-6-10-19(11-7-17)26-24(30)27-33(31,32)20-12-8-18(9-13-20)14-15-28-16-25-22-5-3-2-4-21(22)23(28)29/h2-5,8-9,12-13,16-17,19H,6-7,10-11,14-15H2,1H3,(H2,26,27,30). The minimum absolute atomic E-state index is 0.00628. The van der Waals surface area contributed by atoms with E-state index in [1.165, 1.54) is 18.5 Å². The summed E-state index contributed by atoms with van der Waals surface area (Å²) in [6.07, 6.45) is 5.84. The van der Waals surface area contributed by atoms with Crippen molar-refractivity contribution in [3.05, 3.63) is 70.8 Å². The Kier molecular flexibility index (Phi) is 6.78. The number of carbonyl (C=O) groups is 1. The number of para-hydroxylation sites is 1. The Morgan fingerprint density at radius 1 is 1.06 bits per heavy atom. The smallest absolute Gasteiger partial charge is 0.328 e. The molecule has 8 nitrogen and oxygen atoms in total. The summed E-state index contributed by atoms with van der Waals surface area (Å²) in [7, 11) is -3.96. The fourth-order valence-electron chi connectivity index (χ4n) is 4.15. The molecule has 3 aromatic rings. The van der Waals surface area contributed by atoms with Crippen molar-refractivity contribution in [1.29, 1.82) is 0 Å². The lowest BCUT2D eigenvalue weighted by Crippen LogP contribution is -2.45. The fourth-order valence-corrected chi connectivity index (χ4v) is 5.07. The van der Waals surface area contributed by atoms with E-state index in [2.05, 4.69) is 21.9 Å². The molecule has 1 heterocycles. The highest BCUT2D eigenvalue weighted by Crippen LogP contribution is 2.23. The summed E-state index contributed by atoms with van der Waals surface area (Å²) in [5.74, 6) is 0.643. The maximum absolute atomic E-state index is 12.6. The van der Waals surface area contributed by atoms with Gasteiger partial charge in [0, 0.05) is 12.6 Å². The maximum Gasteiger partial charge on any atom is 0.328 e. The van der Waals surface area contributed by atoms with Gasteiger partial charge in [0.1, 0.15) is 0 Å². The van der Waals surface area contributed by atoms with Crippen LogP contribution in [0.15, 0.2) is 64.5 Å². The lowest BCUT2D eigenvalue weighted by Gasteiger charge is -2.26. The minimum atomic E-state index is -3.96. The zero-order chi connectivity index (χ0) is 23.4. The molecular formula is C24H28N4O4S. The van der Waals surface area contributed by atoms with Crippen LogP contribution >= 0.6 is 0 Å². The lowest BCUT2D eigenvalue weighted by molar-refractivity contribution is 0.233. The topological polar surface area (TPSA) is 110 Å². The van der Waals surface area contributed by atoms with Gasteiger partial charge in [-0.05, 0) is 67.9 Å². The molecule has 2 amide bonds. The van der Waals surface area contributed by atoms with Gasteiger partial charge in [0.15, 0.2) is 0 Å². The molecule has 0 atom stereocenters. The summed E-state index contributed by atoms with van der Waals surface area (Å²) < 4.78 is 28.8. The predicted octanol–water partition coefficient (Wildman–Crippen LogP) is 3.21. The quantitative estimate of drug-likeness (QED) is 0.577. The van der Waals surface area contributed by atoms with E-state index in [9.17, 15) is 18.0 Å². The van der Waals surface area contributed by atoms with Gasteiger partial charge in [-0.1, -0.05) is 31.2 Å². The molecule has 0 aliphatic heterocycles. The van der Waals surface area contributed by atoms with Gasteiger partial charge in [-0.3, -0.25) is 9.36 Å². The van der Waals surface area contributed by atoms with Gasteiger partial charge >= 0.3 is 6.03 Å². The third-order valence-corrected chi connectivity index (χ3v) is 7.53. The number of rotatable bonds is 6. The van der Waals surface area contributed by atoms with Gasteiger partial charge in [-0.2, -0.15) is 0 Å². The van der Waals surface area contributed by atoms with Crippen LogP contribution in [0.1, 0.15) is 38.2 Å². The number of hydrogen-bond donors (Lipinski definition) is 2. The number of sulfonamides is 1. The molecule has 0 unspecified atom stereocenters. The normalized spacial score (nSPS) is 18.7. The molecule has 1 aliphatic rings. The second-order valence-corrected chi connectivity index (χ2v) is 10.4. The Morgan fingerprint density at radius 3 is 2.48 bits per heavy atom. The minimum Gasteiger partial charge on any atom is -0.335 e. The van der Waals surface area contributed by atoms with Gasteiger partial charge in [-0.25, -0.2) is 22.9 Å². The number of fused-ring (bicyclic) bond motifs is 1. The first-order chi connectivity index (χ1) is 15.8. The van der Waals surface area contributed by atoms with Crippen LogP contribution in [0.2, 0.25) is 0 Å². The molecule has 1 aromatic heterocycles.